The van der Waals surface area contributed by atoms with Crippen LogP contribution in [-0.4, -0.2) is 12.6 Å². The summed E-state index contributed by atoms with van der Waals surface area (Å²) in [6, 6.07) is 0.963. The van der Waals surface area contributed by atoms with E-state index in [4.69, 9.17) is 0 Å². The summed E-state index contributed by atoms with van der Waals surface area (Å²) in [6.45, 7) is 1.29. The Morgan fingerprint density at radius 1 is 1.50 bits per heavy atom. The third-order valence-corrected chi connectivity index (χ3v) is 1.84. The van der Waals surface area contributed by atoms with E-state index in [-0.39, 0.29) is 0 Å². The van der Waals surface area contributed by atoms with Crippen molar-refractivity contribution in [1.82, 2.24) is 5.32 Å². The molecule has 0 aromatic rings. The molecule has 0 aromatic carbocycles. The van der Waals surface area contributed by atoms with Crippen LogP contribution in [0.25, 0.3) is 0 Å². The lowest BCUT2D eigenvalue weighted by molar-refractivity contribution is 0.741. The van der Waals surface area contributed by atoms with Crippen LogP contribution in [0.1, 0.15) is 12.8 Å². The standard InChI is InChI=1S/C5H9N/c1-2-6-5-3-4(1)5/h4-6H,1-3H2/t4-,5?/m1/s1. The van der Waals surface area contributed by atoms with Crippen molar-refractivity contribution >= 4 is 0 Å². The third kappa shape index (κ3) is 0.243. The molecular weight excluding hydrogens is 74.1 g/mol. The zero-order chi connectivity index (χ0) is 3.98. The smallest absolute Gasteiger partial charge is 0.00996 e. The van der Waals surface area contributed by atoms with Gasteiger partial charge in [-0.3, -0.25) is 0 Å². The number of fused-ring (bicyclic) bond motifs is 1. The summed E-state index contributed by atoms with van der Waals surface area (Å²) >= 11 is 0. The molecule has 1 unspecified atom stereocenters. The molecule has 1 nitrogen and oxygen atoms in total. The molecule has 1 N–H and O–H groups in total. The van der Waals surface area contributed by atoms with E-state index in [2.05, 4.69) is 5.32 Å². The Hall–Kier alpha value is -0.0400. The lowest BCUT2D eigenvalue weighted by Crippen LogP contribution is -2.10. The van der Waals surface area contributed by atoms with Crippen molar-refractivity contribution in [2.75, 3.05) is 6.54 Å². The number of rotatable bonds is 0. The van der Waals surface area contributed by atoms with Gasteiger partial charge in [0.05, 0.1) is 0 Å². The molecular formula is C5H9N. The topological polar surface area (TPSA) is 12.0 Å². The second kappa shape index (κ2) is 0.784. The summed E-state index contributed by atoms with van der Waals surface area (Å²) in [4.78, 5) is 0. The SMILES string of the molecule is C1C[C@@H]2CC2N1. The molecule has 1 saturated heterocycles. The maximum absolute atomic E-state index is 3.39. The summed E-state index contributed by atoms with van der Waals surface area (Å²) < 4.78 is 0. The highest BCUT2D eigenvalue weighted by Gasteiger charge is 2.40. The molecule has 0 amide bonds. The Kier molecular flexibility index (Phi) is 0.396. The molecule has 0 radical (unpaired) electrons. The average Bonchev–Trinajstić information content (AvgIpc) is 2.17. The molecule has 1 heteroatoms. The van der Waals surface area contributed by atoms with Crippen LogP contribution in [0.3, 0.4) is 0 Å². The Balaban J connectivity index is 2.09. The number of hydrogen-bond acceptors (Lipinski definition) is 1. The van der Waals surface area contributed by atoms with Gasteiger partial charge in [0, 0.05) is 6.04 Å². The van der Waals surface area contributed by atoms with E-state index in [1.54, 1.807) is 0 Å². The van der Waals surface area contributed by atoms with Crippen molar-refractivity contribution in [3.63, 3.8) is 0 Å². The third-order valence-electron chi connectivity index (χ3n) is 1.84. The average molecular weight is 83.1 g/mol. The normalized spacial score (nSPS) is 52.0. The lowest BCUT2D eigenvalue weighted by atomic mass is 10.3. The van der Waals surface area contributed by atoms with Crippen LogP contribution >= 0.6 is 0 Å². The predicted molar refractivity (Wildman–Crippen MR) is 24.5 cm³/mol. The van der Waals surface area contributed by atoms with Crippen molar-refractivity contribution in [1.29, 1.82) is 0 Å². The molecule has 2 rings (SSSR count). The number of piperidine rings is 1. The van der Waals surface area contributed by atoms with E-state index in [1.807, 2.05) is 0 Å². The van der Waals surface area contributed by atoms with E-state index >= 15 is 0 Å². The maximum Gasteiger partial charge on any atom is 0.00996 e. The minimum Gasteiger partial charge on any atom is -0.314 e. The Morgan fingerprint density at radius 3 is 2.67 bits per heavy atom. The summed E-state index contributed by atoms with van der Waals surface area (Å²) in [5.41, 5.74) is 0. The van der Waals surface area contributed by atoms with Gasteiger partial charge in [-0.1, -0.05) is 0 Å². The van der Waals surface area contributed by atoms with E-state index in [0.29, 0.717) is 0 Å². The first kappa shape index (κ1) is 3.03. The first-order valence-electron chi connectivity index (χ1n) is 2.70. The Labute approximate surface area is 37.7 Å². The zero-order valence-corrected chi connectivity index (χ0v) is 3.78. The van der Waals surface area contributed by atoms with Gasteiger partial charge in [-0.2, -0.15) is 0 Å². The molecule has 1 aliphatic carbocycles. The molecule has 2 fully saturated rings. The van der Waals surface area contributed by atoms with Crippen molar-refractivity contribution in [3.8, 4) is 0 Å². The Morgan fingerprint density at radius 2 is 2.50 bits per heavy atom. The fourth-order valence-corrected chi connectivity index (χ4v) is 1.27. The highest BCUT2D eigenvalue weighted by Crippen LogP contribution is 2.37. The zero-order valence-electron chi connectivity index (χ0n) is 3.78. The van der Waals surface area contributed by atoms with Gasteiger partial charge in [-0.05, 0) is 25.3 Å². The minimum atomic E-state index is 0.963. The van der Waals surface area contributed by atoms with E-state index < -0.39 is 0 Å². The van der Waals surface area contributed by atoms with Crippen LogP contribution in [0, 0.1) is 5.92 Å². The molecule has 1 heterocycles. The van der Waals surface area contributed by atoms with Crippen molar-refractivity contribution < 1.29 is 0 Å². The Bertz CT molecular complexity index is 62.3. The van der Waals surface area contributed by atoms with Gasteiger partial charge in [0.1, 0.15) is 0 Å². The summed E-state index contributed by atoms with van der Waals surface area (Å²) in [7, 11) is 0. The van der Waals surface area contributed by atoms with E-state index in [1.165, 1.54) is 19.4 Å². The number of nitrogens with one attached hydrogen (secondary N) is 1. The van der Waals surface area contributed by atoms with Crippen LogP contribution in [0.4, 0.5) is 0 Å². The largest absolute Gasteiger partial charge is 0.314 e. The van der Waals surface area contributed by atoms with E-state index in [0.717, 1.165) is 12.0 Å². The maximum atomic E-state index is 3.39. The molecule has 1 saturated carbocycles. The van der Waals surface area contributed by atoms with Crippen LogP contribution < -0.4 is 5.32 Å². The first-order valence-corrected chi connectivity index (χ1v) is 2.70. The van der Waals surface area contributed by atoms with Gasteiger partial charge in [0.2, 0.25) is 0 Å². The van der Waals surface area contributed by atoms with Gasteiger partial charge in [0.15, 0.2) is 0 Å². The molecule has 2 atom stereocenters. The molecule has 1 aliphatic heterocycles. The van der Waals surface area contributed by atoms with Crippen molar-refractivity contribution in [3.05, 3.63) is 0 Å². The molecule has 0 spiro atoms. The fraction of sp³-hybridized carbons (Fsp3) is 1.00. The number of hydrogen-bond donors (Lipinski definition) is 1. The van der Waals surface area contributed by atoms with Crippen molar-refractivity contribution in [2.24, 2.45) is 5.92 Å². The highest BCUT2D eigenvalue weighted by molar-refractivity contribution is 4.98. The molecule has 0 bridgehead atoms. The van der Waals surface area contributed by atoms with Crippen molar-refractivity contribution in [2.45, 2.75) is 18.9 Å². The minimum absolute atomic E-state index is 0.963. The lowest BCUT2D eigenvalue weighted by Gasteiger charge is -1.86. The molecule has 0 aromatic heterocycles. The summed E-state index contributed by atoms with van der Waals surface area (Å²) in [5, 5.41) is 3.39. The fourth-order valence-electron chi connectivity index (χ4n) is 1.27. The molecule has 2 aliphatic rings. The van der Waals surface area contributed by atoms with E-state index in [9.17, 15) is 0 Å². The first-order chi connectivity index (χ1) is 2.97. The summed E-state index contributed by atoms with van der Waals surface area (Å²) in [6.07, 6.45) is 2.92. The van der Waals surface area contributed by atoms with Crippen LogP contribution in [-0.2, 0) is 0 Å². The monoisotopic (exact) mass is 83.1 g/mol. The van der Waals surface area contributed by atoms with Gasteiger partial charge < -0.3 is 5.32 Å². The molecule has 6 heavy (non-hydrogen) atoms. The summed E-state index contributed by atoms with van der Waals surface area (Å²) in [5.74, 6) is 1.10. The van der Waals surface area contributed by atoms with Crippen LogP contribution in [0.15, 0.2) is 0 Å². The van der Waals surface area contributed by atoms with Crippen LogP contribution in [0.5, 0.6) is 0 Å². The predicted octanol–water partition coefficient (Wildman–Crippen LogP) is 0.368. The van der Waals surface area contributed by atoms with Gasteiger partial charge in [0.25, 0.3) is 0 Å². The second-order valence-corrected chi connectivity index (χ2v) is 2.35. The van der Waals surface area contributed by atoms with Crippen LogP contribution in [0.2, 0.25) is 0 Å². The highest BCUT2D eigenvalue weighted by atomic mass is 15.0. The van der Waals surface area contributed by atoms with Gasteiger partial charge in [-0.15, -0.1) is 0 Å². The second-order valence-electron chi connectivity index (χ2n) is 2.35. The van der Waals surface area contributed by atoms with Gasteiger partial charge >= 0.3 is 0 Å². The molecule has 34 valence electrons. The van der Waals surface area contributed by atoms with Gasteiger partial charge in [-0.25, -0.2) is 0 Å². The quantitative estimate of drug-likeness (QED) is 0.446.